The zero-order valence-electron chi connectivity index (χ0n) is 11.3. The highest BCUT2D eigenvalue weighted by atomic mass is 35.5. The summed E-state index contributed by atoms with van der Waals surface area (Å²) >= 11 is 5.82. The number of halogens is 1. The highest BCUT2D eigenvalue weighted by Crippen LogP contribution is 2.22. The van der Waals surface area contributed by atoms with Crippen molar-refractivity contribution < 1.29 is 4.79 Å². The molecule has 3 N–H and O–H groups in total. The number of aryl methyl sites for hydroxylation is 2. The fourth-order valence-corrected chi connectivity index (χ4v) is 2.18. The standard InChI is InChI=1S/C16H17ClN2O/c1-11-4-2-3-5-12(11)6-9-16(20)19-15-8-7-13(17)10-14(15)18/h2-5,7-8,10H,6,9,18H2,1H3,(H,19,20). The van der Waals surface area contributed by atoms with E-state index < -0.39 is 0 Å². The van der Waals surface area contributed by atoms with Gasteiger partial charge in [0.1, 0.15) is 0 Å². The lowest BCUT2D eigenvalue weighted by atomic mass is 10.0. The predicted octanol–water partition coefficient (Wildman–Crippen LogP) is 3.80. The van der Waals surface area contributed by atoms with Crippen LogP contribution in [0.4, 0.5) is 11.4 Å². The minimum Gasteiger partial charge on any atom is -0.397 e. The summed E-state index contributed by atoms with van der Waals surface area (Å²) in [6, 6.07) is 13.1. The van der Waals surface area contributed by atoms with Crippen molar-refractivity contribution in [2.45, 2.75) is 19.8 Å². The van der Waals surface area contributed by atoms with Crippen molar-refractivity contribution >= 4 is 28.9 Å². The molecule has 2 aromatic rings. The van der Waals surface area contributed by atoms with E-state index in [0.717, 1.165) is 0 Å². The number of amides is 1. The highest BCUT2D eigenvalue weighted by molar-refractivity contribution is 6.31. The number of carbonyl (C=O) groups is 1. The number of hydrogen-bond donors (Lipinski definition) is 2. The first-order valence-corrected chi connectivity index (χ1v) is 6.83. The van der Waals surface area contributed by atoms with Crippen LogP contribution in [0.3, 0.4) is 0 Å². The first-order chi connectivity index (χ1) is 9.56. The van der Waals surface area contributed by atoms with Crippen molar-refractivity contribution in [3.63, 3.8) is 0 Å². The Labute approximate surface area is 123 Å². The van der Waals surface area contributed by atoms with E-state index in [2.05, 4.69) is 5.32 Å². The van der Waals surface area contributed by atoms with Crippen molar-refractivity contribution in [2.75, 3.05) is 11.1 Å². The molecule has 1 amide bonds. The van der Waals surface area contributed by atoms with Gasteiger partial charge in [-0.05, 0) is 42.7 Å². The number of hydrogen-bond acceptors (Lipinski definition) is 2. The van der Waals surface area contributed by atoms with Gasteiger partial charge in [-0.3, -0.25) is 4.79 Å². The Morgan fingerprint density at radius 3 is 2.70 bits per heavy atom. The van der Waals surface area contributed by atoms with Crippen LogP contribution in [0.15, 0.2) is 42.5 Å². The van der Waals surface area contributed by atoms with E-state index in [0.29, 0.717) is 29.2 Å². The third-order valence-corrected chi connectivity index (χ3v) is 3.41. The molecule has 0 fully saturated rings. The molecule has 2 aromatic carbocycles. The van der Waals surface area contributed by atoms with Crippen LogP contribution < -0.4 is 11.1 Å². The molecule has 0 aliphatic heterocycles. The van der Waals surface area contributed by atoms with Crippen LogP contribution in [0.2, 0.25) is 5.02 Å². The number of nitrogens with one attached hydrogen (secondary N) is 1. The Hall–Kier alpha value is -2.00. The SMILES string of the molecule is Cc1ccccc1CCC(=O)Nc1ccc(Cl)cc1N. The topological polar surface area (TPSA) is 55.1 Å². The maximum absolute atomic E-state index is 11.9. The number of carbonyl (C=O) groups excluding carboxylic acids is 1. The van der Waals surface area contributed by atoms with Gasteiger partial charge in [-0.15, -0.1) is 0 Å². The number of nitrogen functional groups attached to an aromatic ring is 1. The number of nitrogens with two attached hydrogens (primary N) is 1. The Kier molecular flexibility index (Phi) is 4.64. The quantitative estimate of drug-likeness (QED) is 0.841. The van der Waals surface area contributed by atoms with Crippen molar-refractivity contribution in [1.82, 2.24) is 0 Å². The molecule has 0 unspecified atom stereocenters. The molecule has 3 nitrogen and oxygen atoms in total. The molecule has 0 bridgehead atoms. The van der Waals surface area contributed by atoms with E-state index in [-0.39, 0.29) is 5.91 Å². The lowest BCUT2D eigenvalue weighted by Crippen LogP contribution is -2.13. The first kappa shape index (κ1) is 14.4. The summed E-state index contributed by atoms with van der Waals surface area (Å²) < 4.78 is 0. The van der Waals surface area contributed by atoms with Gasteiger partial charge in [0.15, 0.2) is 0 Å². The largest absolute Gasteiger partial charge is 0.397 e. The second kappa shape index (κ2) is 6.44. The summed E-state index contributed by atoms with van der Waals surface area (Å²) in [5, 5.41) is 3.36. The lowest BCUT2D eigenvalue weighted by Gasteiger charge is -2.09. The summed E-state index contributed by atoms with van der Waals surface area (Å²) in [4.78, 5) is 11.9. The smallest absolute Gasteiger partial charge is 0.224 e. The Morgan fingerprint density at radius 1 is 1.25 bits per heavy atom. The van der Waals surface area contributed by atoms with Crippen molar-refractivity contribution in [3.8, 4) is 0 Å². The summed E-state index contributed by atoms with van der Waals surface area (Å²) in [6.45, 7) is 2.05. The van der Waals surface area contributed by atoms with E-state index in [1.807, 2.05) is 31.2 Å². The van der Waals surface area contributed by atoms with Crippen LogP contribution in [0.1, 0.15) is 17.5 Å². The fourth-order valence-electron chi connectivity index (χ4n) is 2.00. The second-order valence-electron chi connectivity index (χ2n) is 4.71. The van der Waals surface area contributed by atoms with Crippen LogP contribution in [-0.4, -0.2) is 5.91 Å². The average molecular weight is 289 g/mol. The van der Waals surface area contributed by atoms with Gasteiger partial charge in [0.05, 0.1) is 11.4 Å². The van der Waals surface area contributed by atoms with E-state index in [1.54, 1.807) is 18.2 Å². The number of benzene rings is 2. The molecule has 0 aromatic heterocycles. The van der Waals surface area contributed by atoms with Gasteiger partial charge in [0.25, 0.3) is 0 Å². The maximum Gasteiger partial charge on any atom is 0.224 e. The van der Waals surface area contributed by atoms with Crippen LogP contribution >= 0.6 is 11.6 Å². The van der Waals surface area contributed by atoms with Crippen molar-refractivity contribution in [2.24, 2.45) is 0 Å². The molecular weight excluding hydrogens is 272 g/mol. The number of anilines is 2. The molecule has 0 spiro atoms. The Balaban J connectivity index is 1.94. The van der Waals surface area contributed by atoms with Crippen LogP contribution in [0.25, 0.3) is 0 Å². The van der Waals surface area contributed by atoms with Crippen molar-refractivity contribution in [3.05, 3.63) is 58.6 Å². The van der Waals surface area contributed by atoms with E-state index in [9.17, 15) is 4.79 Å². The molecule has 20 heavy (non-hydrogen) atoms. The van der Waals surface area contributed by atoms with E-state index >= 15 is 0 Å². The van der Waals surface area contributed by atoms with E-state index in [1.165, 1.54) is 11.1 Å². The second-order valence-corrected chi connectivity index (χ2v) is 5.14. The van der Waals surface area contributed by atoms with Crippen LogP contribution in [0, 0.1) is 6.92 Å². The molecule has 0 heterocycles. The summed E-state index contributed by atoms with van der Waals surface area (Å²) in [6.07, 6.45) is 1.14. The minimum atomic E-state index is -0.0534. The molecule has 0 saturated carbocycles. The van der Waals surface area contributed by atoms with Gasteiger partial charge in [0.2, 0.25) is 5.91 Å². The van der Waals surface area contributed by atoms with Crippen molar-refractivity contribution in [1.29, 1.82) is 0 Å². The minimum absolute atomic E-state index is 0.0534. The number of rotatable bonds is 4. The molecule has 0 atom stereocenters. The molecule has 0 radical (unpaired) electrons. The maximum atomic E-state index is 11.9. The molecule has 0 aliphatic carbocycles. The molecule has 4 heteroatoms. The Morgan fingerprint density at radius 2 is 2.00 bits per heavy atom. The summed E-state index contributed by atoms with van der Waals surface area (Å²) in [5.74, 6) is -0.0534. The average Bonchev–Trinajstić information content (AvgIpc) is 2.41. The monoisotopic (exact) mass is 288 g/mol. The zero-order chi connectivity index (χ0) is 14.5. The van der Waals surface area contributed by atoms with Crippen LogP contribution in [0.5, 0.6) is 0 Å². The third kappa shape index (κ3) is 3.75. The molecular formula is C16H17ClN2O. The third-order valence-electron chi connectivity index (χ3n) is 3.17. The van der Waals surface area contributed by atoms with Gasteiger partial charge in [-0.1, -0.05) is 35.9 Å². The zero-order valence-corrected chi connectivity index (χ0v) is 12.1. The van der Waals surface area contributed by atoms with Gasteiger partial charge in [-0.2, -0.15) is 0 Å². The van der Waals surface area contributed by atoms with Gasteiger partial charge < -0.3 is 11.1 Å². The lowest BCUT2D eigenvalue weighted by molar-refractivity contribution is -0.116. The molecule has 0 saturated heterocycles. The summed E-state index contributed by atoms with van der Waals surface area (Å²) in [7, 11) is 0. The van der Waals surface area contributed by atoms with Gasteiger partial charge >= 0.3 is 0 Å². The Bertz CT molecular complexity index is 626. The van der Waals surface area contributed by atoms with Gasteiger partial charge in [-0.25, -0.2) is 0 Å². The van der Waals surface area contributed by atoms with Gasteiger partial charge in [0, 0.05) is 11.4 Å². The highest BCUT2D eigenvalue weighted by Gasteiger charge is 2.07. The molecule has 2 rings (SSSR count). The summed E-state index contributed by atoms with van der Waals surface area (Å²) in [5.41, 5.74) is 9.26. The molecule has 0 aliphatic rings. The fraction of sp³-hybridized carbons (Fsp3) is 0.188. The first-order valence-electron chi connectivity index (χ1n) is 6.45. The molecule has 104 valence electrons. The predicted molar refractivity (Wildman–Crippen MR) is 84.0 cm³/mol. The normalized spacial score (nSPS) is 10.3. The van der Waals surface area contributed by atoms with Crippen LogP contribution in [-0.2, 0) is 11.2 Å². The van der Waals surface area contributed by atoms with E-state index in [4.69, 9.17) is 17.3 Å².